The number of carbonyl (C=O) groups is 1. The largest absolute Gasteiger partial charge is 0.341 e. The lowest BCUT2D eigenvalue weighted by Gasteiger charge is -2.38. The van der Waals surface area contributed by atoms with Crippen LogP contribution >= 0.6 is 0 Å². The highest BCUT2D eigenvalue weighted by molar-refractivity contribution is 7.91. The minimum Gasteiger partial charge on any atom is -0.341 e. The third-order valence-electron chi connectivity index (χ3n) is 4.50. The molecule has 0 aromatic heterocycles. The number of hydrogen-bond donors (Lipinski definition) is 1. The van der Waals surface area contributed by atoms with Gasteiger partial charge in [-0.3, -0.25) is 4.79 Å². The summed E-state index contributed by atoms with van der Waals surface area (Å²) in [7, 11) is -2.97. The van der Waals surface area contributed by atoms with Crippen LogP contribution in [0.1, 0.15) is 38.5 Å². The fourth-order valence-electron chi connectivity index (χ4n) is 3.21. The number of sulfone groups is 1. The van der Waals surface area contributed by atoms with Crippen molar-refractivity contribution in [3.63, 3.8) is 0 Å². The number of rotatable bonds is 2. The Balaban J connectivity index is 2.09. The van der Waals surface area contributed by atoms with Crippen LogP contribution in [-0.4, -0.2) is 50.4 Å². The molecule has 1 amide bonds. The molecule has 1 saturated heterocycles. The quantitative estimate of drug-likeness (QED) is 0.804. The van der Waals surface area contributed by atoms with E-state index in [2.05, 4.69) is 0 Å². The summed E-state index contributed by atoms with van der Waals surface area (Å²) in [6.07, 6.45) is 5.53. The number of carbonyl (C=O) groups excluding carboxylic acids is 1. The smallest absolute Gasteiger partial charge is 0.230 e. The zero-order valence-electron chi connectivity index (χ0n) is 11.4. The normalized spacial score (nSPS) is 26.7. The van der Waals surface area contributed by atoms with Gasteiger partial charge in [-0.05, 0) is 19.3 Å². The highest BCUT2D eigenvalue weighted by Gasteiger charge is 2.41. The predicted molar refractivity (Wildman–Crippen MR) is 74.4 cm³/mol. The van der Waals surface area contributed by atoms with E-state index >= 15 is 0 Å². The molecule has 19 heavy (non-hydrogen) atoms. The summed E-state index contributed by atoms with van der Waals surface area (Å²) in [5.74, 6) is 0.387. The van der Waals surface area contributed by atoms with Crippen molar-refractivity contribution >= 4 is 15.7 Å². The Morgan fingerprint density at radius 1 is 1.05 bits per heavy atom. The van der Waals surface area contributed by atoms with Crippen molar-refractivity contribution in [3.8, 4) is 0 Å². The van der Waals surface area contributed by atoms with Gasteiger partial charge in [0.15, 0.2) is 9.84 Å². The van der Waals surface area contributed by atoms with E-state index < -0.39 is 15.3 Å². The molecule has 1 saturated carbocycles. The Labute approximate surface area is 115 Å². The third kappa shape index (κ3) is 3.28. The van der Waals surface area contributed by atoms with Gasteiger partial charge in [-0.15, -0.1) is 0 Å². The second-order valence-electron chi connectivity index (χ2n) is 5.84. The Morgan fingerprint density at radius 2 is 1.74 bits per heavy atom. The highest BCUT2D eigenvalue weighted by atomic mass is 32.2. The molecular formula is C13H24N2O3S. The van der Waals surface area contributed by atoms with Crippen LogP contribution in [-0.2, 0) is 14.6 Å². The molecule has 2 aliphatic rings. The van der Waals surface area contributed by atoms with Gasteiger partial charge in [0.1, 0.15) is 0 Å². The average molecular weight is 288 g/mol. The molecule has 1 heterocycles. The molecule has 0 aromatic rings. The Kier molecular flexibility index (Phi) is 4.50. The molecule has 1 aliphatic heterocycles. The standard InChI is InChI=1S/C13H24N2O3S/c14-11-13(5-2-1-3-6-13)12(16)15-7-4-9-19(17,18)10-8-15/h1-11,14H2. The third-order valence-corrected chi connectivity index (χ3v) is 6.21. The summed E-state index contributed by atoms with van der Waals surface area (Å²) in [6, 6.07) is 0. The molecule has 2 rings (SSSR count). The van der Waals surface area contributed by atoms with Gasteiger partial charge in [-0.1, -0.05) is 19.3 Å². The molecule has 6 heteroatoms. The van der Waals surface area contributed by atoms with Gasteiger partial charge in [0.25, 0.3) is 0 Å². The van der Waals surface area contributed by atoms with Crippen LogP contribution < -0.4 is 5.73 Å². The molecule has 0 unspecified atom stereocenters. The van der Waals surface area contributed by atoms with E-state index in [0.29, 0.717) is 26.1 Å². The summed E-state index contributed by atoms with van der Waals surface area (Å²) in [4.78, 5) is 14.5. The summed E-state index contributed by atoms with van der Waals surface area (Å²) in [5.41, 5.74) is 5.45. The van der Waals surface area contributed by atoms with E-state index in [4.69, 9.17) is 5.73 Å². The number of amides is 1. The highest BCUT2D eigenvalue weighted by Crippen LogP contribution is 2.37. The van der Waals surface area contributed by atoms with Crippen molar-refractivity contribution in [1.82, 2.24) is 4.90 Å². The zero-order valence-corrected chi connectivity index (χ0v) is 12.3. The van der Waals surface area contributed by atoms with Crippen molar-refractivity contribution in [2.45, 2.75) is 38.5 Å². The van der Waals surface area contributed by atoms with E-state index in [9.17, 15) is 13.2 Å². The van der Waals surface area contributed by atoms with Gasteiger partial charge < -0.3 is 10.6 Å². The van der Waals surface area contributed by atoms with Crippen molar-refractivity contribution in [2.75, 3.05) is 31.1 Å². The Morgan fingerprint density at radius 3 is 2.37 bits per heavy atom. The molecule has 0 aromatic carbocycles. The van der Waals surface area contributed by atoms with Crippen LogP contribution in [0, 0.1) is 5.41 Å². The topological polar surface area (TPSA) is 80.5 Å². The maximum Gasteiger partial charge on any atom is 0.230 e. The van der Waals surface area contributed by atoms with Gasteiger partial charge in [0, 0.05) is 19.6 Å². The van der Waals surface area contributed by atoms with Crippen LogP contribution in [0.3, 0.4) is 0 Å². The van der Waals surface area contributed by atoms with E-state index in [1.165, 1.54) is 6.42 Å². The Bertz CT molecular complexity index is 427. The summed E-state index contributed by atoms with van der Waals surface area (Å²) >= 11 is 0. The molecule has 2 N–H and O–H groups in total. The SMILES string of the molecule is NCC1(C(=O)N2CCCS(=O)(=O)CC2)CCCCC1. The van der Waals surface area contributed by atoms with Crippen LogP contribution in [0.25, 0.3) is 0 Å². The maximum atomic E-state index is 12.7. The van der Waals surface area contributed by atoms with Gasteiger partial charge in [0.2, 0.25) is 5.91 Å². The van der Waals surface area contributed by atoms with E-state index in [-0.39, 0.29) is 17.4 Å². The zero-order chi connectivity index (χ0) is 13.9. The second kappa shape index (κ2) is 5.79. The molecule has 2 fully saturated rings. The average Bonchev–Trinajstić information content (AvgIpc) is 2.59. The first-order valence-electron chi connectivity index (χ1n) is 7.19. The maximum absolute atomic E-state index is 12.7. The summed E-state index contributed by atoms with van der Waals surface area (Å²) in [5, 5.41) is 0. The Hall–Kier alpha value is -0.620. The molecule has 0 atom stereocenters. The second-order valence-corrected chi connectivity index (χ2v) is 8.15. The number of nitrogens with two attached hydrogens (primary N) is 1. The fourth-order valence-corrected chi connectivity index (χ4v) is 4.48. The van der Waals surface area contributed by atoms with Crippen molar-refractivity contribution in [2.24, 2.45) is 11.1 Å². The van der Waals surface area contributed by atoms with Crippen LogP contribution in [0.5, 0.6) is 0 Å². The molecule has 0 spiro atoms. The van der Waals surface area contributed by atoms with Crippen molar-refractivity contribution in [3.05, 3.63) is 0 Å². The van der Waals surface area contributed by atoms with Crippen molar-refractivity contribution < 1.29 is 13.2 Å². The molecule has 0 bridgehead atoms. The molecule has 5 nitrogen and oxygen atoms in total. The summed E-state index contributed by atoms with van der Waals surface area (Å²) < 4.78 is 23.2. The number of hydrogen-bond acceptors (Lipinski definition) is 4. The lowest BCUT2D eigenvalue weighted by atomic mass is 9.73. The minimum absolute atomic E-state index is 0.0896. The van der Waals surface area contributed by atoms with Crippen LogP contribution in [0.4, 0.5) is 0 Å². The van der Waals surface area contributed by atoms with Crippen molar-refractivity contribution in [1.29, 1.82) is 0 Å². The van der Waals surface area contributed by atoms with E-state index in [0.717, 1.165) is 25.7 Å². The lowest BCUT2D eigenvalue weighted by molar-refractivity contribution is -0.143. The first-order valence-corrected chi connectivity index (χ1v) is 9.01. The monoisotopic (exact) mass is 288 g/mol. The molecule has 1 aliphatic carbocycles. The van der Waals surface area contributed by atoms with Gasteiger partial charge >= 0.3 is 0 Å². The van der Waals surface area contributed by atoms with Crippen LogP contribution in [0.2, 0.25) is 0 Å². The first kappa shape index (κ1) is 14.8. The van der Waals surface area contributed by atoms with E-state index in [1.54, 1.807) is 4.90 Å². The molecule has 110 valence electrons. The summed E-state index contributed by atoms with van der Waals surface area (Å²) in [6.45, 7) is 1.28. The van der Waals surface area contributed by atoms with Gasteiger partial charge in [-0.25, -0.2) is 8.42 Å². The molecule has 0 radical (unpaired) electrons. The van der Waals surface area contributed by atoms with Crippen LogP contribution in [0.15, 0.2) is 0 Å². The van der Waals surface area contributed by atoms with Gasteiger partial charge in [-0.2, -0.15) is 0 Å². The molecular weight excluding hydrogens is 264 g/mol. The van der Waals surface area contributed by atoms with Gasteiger partial charge in [0.05, 0.1) is 16.9 Å². The number of nitrogens with zero attached hydrogens (tertiary/aromatic N) is 1. The fraction of sp³-hybridized carbons (Fsp3) is 0.923. The van der Waals surface area contributed by atoms with E-state index in [1.807, 2.05) is 0 Å². The lowest BCUT2D eigenvalue weighted by Crippen LogP contribution is -2.49. The minimum atomic E-state index is -2.97. The first-order chi connectivity index (χ1) is 8.99. The predicted octanol–water partition coefficient (Wildman–Crippen LogP) is 0.543.